The van der Waals surface area contributed by atoms with Gasteiger partial charge in [0.05, 0.1) is 6.04 Å². The third-order valence-electron chi connectivity index (χ3n) is 6.05. The molecule has 1 aromatic carbocycles. The second-order valence-electron chi connectivity index (χ2n) is 8.19. The zero-order chi connectivity index (χ0) is 20.4. The van der Waals surface area contributed by atoms with Gasteiger partial charge in [0.2, 0.25) is 5.91 Å². The molecule has 2 atom stereocenters. The number of piperazine rings is 1. The van der Waals surface area contributed by atoms with Crippen molar-refractivity contribution >= 4 is 12.0 Å². The molecule has 154 valence electrons. The average molecular weight is 391 g/mol. The molecular weight excluding hydrogens is 361 g/mol. The van der Waals surface area contributed by atoms with Crippen LogP contribution < -0.4 is 0 Å². The van der Waals surface area contributed by atoms with E-state index in [0.717, 1.165) is 43.7 Å². The van der Waals surface area contributed by atoms with Crippen molar-refractivity contribution in [2.24, 2.45) is 5.92 Å². The number of hydrogen-bond donors (Lipinski definition) is 1. The molecule has 1 N–H and O–H groups in total. The van der Waals surface area contributed by atoms with Crippen LogP contribution >= 0.6 is 0 Å². The average Bonchev–Trinajstić information content (AvgIpc) is 2.67. The van der Waals surface area contributed by atoms with Gasteiger partial charge >= 0.3 is 6.09 Å². The van der Waals surface area contributed by atoms with Crippen molar-refractivity contribution in [2.75, 3.05) is 32.7 Å². The molecule has 2 aliphatic rings. The second kappa shape index (κ2) is 8.47. The number of amides is 2. The number of rotatable bonds is 3. The highest BCUT2D eigenvalue weighted by atomic mass is 19.1. The molecule has 0 bridgehead atoms. The molecule has 6 nitrogen and oxygen atoms in total. The van der Waals surface area contributed by atoms with Crippen LogP contribution in [0.2, 0.25) is 0 Å². The SMILES string of the molecule is Cc1cc(F)ccc1[C@H]1C[C@H](N2CCN(C(=O)C(C)C)CC2)CCN1C(=O)O. The van der Waals surface area contributed by atoms with Crippen LogP contribution in [0.3, 0.4) is 0 Å². The molecule has 2 fully saturated rings. The van der Waals surface area contributed by atoms with Gasteiger partial charge in [-0.2, -0.15) is 0 Å². The summed E-state index contributed by atoms with van der Waals surface area (Å²) >= 11 is 0. The first-order valence-corrected chi connectivity index (χ1v) is 10.1. The maximum absolute atomic E-state index is 13.5. The van der Waals surface area contributed by atoms with Gasteiger partial charge in [0, 0.05) is 44.7 Å². The van der Waals surface area contributed by atoms with Gasteiger partial charge in [0.1, 0.15) is 5.82 Å². The Morgan fingerprint density at radius 2 is 1.82 bits per heavy atom. The van der Waals surface area contributed by atoms with E-state index in [-0.39, 0.29) is 29.7 Å². The van der Waals surface area contributed by atoms with Crippen LogP contribution in [0.1, 0.15) is 43.9 Å². The number of benzene rings is 1. The van der Waals surface area contributed by atoms with E-state index in [0.29, 0.717) is 13.0 Å². The number of aryl methyl sites for hydroxylation is 1. The molecule has 7 heteroatoms. The molecule has 0 aliphatic carbocycles. The lowest BCUT2D eigenvalue weighted by Crippen LogP contribution is -2.55. The van der Waals surface area contributed by atoms with E-state index >= 15 is 0 Å². The van der Waals surface area contributed by atoms with Gasteiger partial charge in [-0.15, -0.1) is 0 Å². The molecule has 1 aromatic rings. The van der Waals surface area contributed by atoms with Crippen molar-refractivity contribution in [3.63, 3.8) is 0 Å². The molecule has 0 aromatic heterocycles. The fraction of sp³-hybridized carbons (Fsp3) is 0.619. The first-order valence-electron chi connectivity index (χ1n) is 10.1. The van der Waals surface area contributed by atoms with Crippen LogP contribution in [0.15, 0.2) is 18.2 Å². The molecule has 0 unspecified atom stereocenters. The highest BCUT2D eigenvalue weighted by molar-refractivity contribution is 5.78. The summed E-state index contributed by atoms with van der Waals surface area (Å²) in [7, 11) is 0. The van der Waals surface area contributed by atoms with Crippen molar-refractivity contribution in [3.8, 4) is 0 Å². The summed E-state index contributed by atoms with van der Waals surface area (Å²) in [6.07, 6.45) is 0.539. The van der Waals surface area contributed by atoms with Gasteiger partial charge in [-0.3, -0.25) is 9.69 Å². The Labute approximate surface area is 165 Å². The topological polar surface area (TPSA) is 64.1 Å². The van der Waals surface area contributed by atoms with Crippen LogP contribution in [-0.4, -0.2) is 70.6 Å². The van der Waals surface area contributed by atoms with E-state index in [4.69, 9.17) is 0 Å². The van der Waals surface area contributed by atoms with Crippen LogP contribution in [0.25, 0.3) is 0 Å². The predicted octanol–water partition coefficient (Wildman–Crippen LogP) is 3.12. The minimum absolute atomic E-state index is 0.0104. The molecule has 3 rings (SSSR count). The molecule has 2 heterocycles. The Hall–Kier alpha value is -2.15. The smallest absolute Gasteiger partial charge is 0.407 e. The minimum atomic E-state index is -0.931. The van der Waals surface area contributed by atoms with Crippen molar-refractivity contribution in [1.82, 2.24) is 14.7 Å². The van der Waals surface area contributed by atoms with Crippen LogP contribution in [0.5, 0.6) is 0 Å². The van der Waals surface area contributed by atoms with E-state index in [9.17, 15) is 19.1 Å². The van der Waals surface area contributed by atoms with Gasteiger partial charge in [-0.05, 0) is 43.0 Å². The summed E-state index contributed by atoms with van der Waals surface area (Å²) in [5.41, 5.74) is 1.66. The summed E-state index contributed by atoms with van der Waals surface area (Å²) in [4.78, 5) is 29.8. The molecule has 2 amide bonds. The maximum Gasteiger partial charge on any atom is 0.407 e. The molecule has 0 saturated carbocycles. The first-order chi connectivity index (χ1) is 13.3. The lowest BCUT2D eigenvalue weighted by Gasteiger charge is -2.45. The third-order valence-corrected chi connectivity index (χ3v) is 6.05. The normalized spacial score (nSPS) is 23.9. The number of likely N-dealkylation sites (tertiary alicyclic amines) is 1. The predicted molar refractivity (Wildman–Crippen MR) is 105 cm³/mol. The van der Waals surface area contributed by atoms with Gasteiger partial charge < -0.3 is 14.9 Å². The highest BCUT2D eigenvalue weighted by Crippen LogP contribution is 2.35. The van der Waals surface area contributed by atoms with Crippen LogP contribution in [-0.2, 0) is 4.79 Å². The molecule has 2 saturated heterocycles. The van der Waals surface area contributed by atoms with Crippen molar-refractivity contribution in [3.05, 3.63) is 35.1 Å². The fourth-order valence-electron chi connectivity index (χ4n) is 4.49. The van der Waals surface area contributed by atoms with Gasteiger partial charge in [0.15, 0.2) is 0 Å². The van der Waals surface area contributed by atoms with Crippen LogP contribution in [0, 0.1) is 18.7 Å². The lowest BCUT2D eigenvalue weighted by atomic mass is 9.88. The first kappa shape index (κ1) is 20.6. The number of carbonyl (C=O) groups is 2. The van der Waals surface area contributed by atoms with E-state index < -0.39 is 6.09 Å². The van der Waals surface area contributed by atoms with Crippen molar-refractivity contribution in [2.45, 2.75) is 45.7 Å². The molecular formula is C21H30FN3O3. The molecule has 2 aliphatic heterocycles. The number of carboxylic acid groups (broad SMARTS) is 1. The quantitative estimate of drug-likeness (QED) is 0.860. The van der Waals surface area contributed by atoms with Crippen molar-refractivity contribution in [1.29, 1.82) is 0 Å². The number of piperidine rings is 1. The number of halogens is 1. The van der Waals surface area contributed by atoms with Gasteiger partial charge in [-0.25, -0.2) is 9.18 Å². The van der Waals surface area contributed by atoms with E-state index in [2.05, 4.69) is 4.90 Å². The van der Waals surface area contributed by atoms with Crippen LogP contribution in [0.4, 0.5) is 9.18 Å². The summed E-state index contributed by atoms with van der Waals surface area (Å²) in [5.74, 6) is -0.0993. The van der Waals surface area contributed by atoms with E-state index in [1.807, 2.05) is 25.7 Å². The summed E-state index contributed by atoms with van der Waals surface area (Å²) in [6.45, 7) is 9.20. The fourth-order valence-corrected chi connectivity index (χ4v) is 4.49. The zero-order valence-corrected chi connectivity index (χ0v) is 16.9. The summed E-state index contributed by atoms with van der Waals surface area (Å²) in [6, 6.07) is 4.58. The second-order valence-corrected chi connectivity index (χ2v) is 8.19. The third kappa shape index (κ3) is 4.29. The minimum Gasteiger partial charge on any atom is -0.465 e. The standard InChI is InChI=1S/C21H30FN3O3/c1-14(2)20(26)24-10-8-23(9-11-24)17-6-7-25(21(27)28)19(13-17)18-5-4-16(22)12-15(18)3/h4-5,12,14,17,19H,6-11,13H2,1-3H3,(H,27,28)/t17-,19-/m1/s1. The Morgan fingerprint density at radius 3 is 2.39 bits per heavy atom. The highest BCUT2D eigenvalue weighted by Gasteiger charge is 2.37. The lowest BCUT2D eigenvalue weighted by molar-refractivity contribution is -0.136. The summed E-state index contributed by atoms with van der Waals surface area (Å²) in [5, 5.41) is 9.65. The van der Waals surface area contributed by atoms with Gasteiger partial charge in [0.25, 0.3) is 0 Å². The van der Waals surface area contributed by atoms with Crippen molar-refractivity contribution < 1.29 is 19.1 Å². The van der Waals surface area contributed by atoms with E-state index in [1.54, 1.807) is 6.07 Å². The zero-order valence-electron chi connectivity index (χ0n) is 16.9. The van der Waals surface area contributed by atoms with Gasteiger partial charge in [-0.1, -0.05) is 19.9 Å². The largest absolute Gasteiger partial charge is 0.465 e. The monoisotopic (exact) mass is 391 g/mol. The molecule has 0 radical (unpaired) electrons. The number of carbonyl (C=O) groups excluding carboxylic acids is 1. The molecule has 0 spiro atoms. The number of nitrogens with zero attached hydrogens (tertiary/aromatic N) is 3. The van der Waals surface area contributed by atoms with E-state index in [1.165, 1.54) is 17.0 Å². The maximum atomic E-state index is 13.5. The Morgan fingerprint density at radius 1 is 1.14 bits per heavy atom. The Bertz CT molecular complexity index is 732. The summed E-state index contributed by atoms with van der Waals surface area (Å²) < 4.78 is 13.5. The number of hydrogen-bond acceptors (Lipinski definition) is 3. The Balaban J connectivity index is 1.71. The Kier molecular flexibility index (Phi) is 6.23. The molecule has 28 heavy (non-hydrogen) atoms.